The lowest BCUT2D eigenvalue weighted by Crippen LogP contribution is -2.37. The molecule has 5 nitrogen and oxygen atoms in total. The van der Waals surface area contributed by atoms with E-state index in [9.17, 15) is 9.59 Å². The molecule has 1 aliphatic heterocycles. The number of nitrogens with zero attached hydrogens (tertiary/aromatic N) is 2. The van der Waals surface area contributed by atoms with Crippen LogP contribution in [0.2, 0.25) is 0 Å². The summed E-state index contributed by atoms with van der Waals surface area (Å²) in [5.41, 5.74) is 0.864. The quantitative estimate of drug-likeness (QED) is 0.903. The van der Waals surface area contributed by atoms with Crippen LogP contribution < -0.4 is 5.32 Å². The second-order valence-electron chi connectivity index (χ2n) is 3.89. The van der Waals surface area contributed by atoms with Gasteiger partial charge in [-0.3, -0.25) is 14.5 Å². The topological polar surface area (TPSA) is 62.3 Å². The molecule has 2 amide bonds. The number of hydrogen-bond acceptors (Lipinski definition) is 5. The number of carbonyl (C=O) groups is 2. The molecule has 0 atom stereocenters. The van der Waals surface area contributed by atoms with Gasteiger partial charge in [0.1, 0.15) is 5.82 Å². The number of carbonyl (C=O) groups excluding carboxylic acids is 2. The maximum atomic E-state index is 11.7. The monoisotopic (exact) mass is 265 g/mol. The van der Waals surface area contributed by atoms with Crippen LogP contribution in [-0.4, -0.2) is 33.3 Å². The molecule has 1 N–H and O–H groups in total. The first-order valence-corrected chi connectivity index (χ1v) is 6.86. The zero-order chi connectivity index (χ0) is 13.0. The highest BCUT2D eigenvalue weighted by Crippen LogP contribution is 2.22. The summed E-state index contributed by atoms with van der Waals surface area (Å²) in [6, 6.07) is 3.69. The fourth-order valence-corrected chi connectivity index (χ4v) is 2.53. The summed E-state index contributed by atoms with van der Waals surface area (Å²) in [6.45, 7) is 3.02. The number of amides is 2. The first kappa shape index (κ1) is 12.9. The lowest BCUT2D eigenvalue weighted by Gasteiger charge is -2.24. The first-order valence-electron chi connectivity index (χ1n) is 5.87. The fraction of sp³-hybridized carbons (Fsp3) is 0.417. The van der Waals surface area contributed by atoms with Crippen LogP contribution in [-0.2, 0) is 11.3 Å². The largest absolute Gasteiger partial charge is 0.370 e. The average molecular weight is 265 g/mol. The molecule has 1 aromatic rings. The Labute approximate surface area is 110 Å². The molecule has 6 heteroatoms. The fourth-order valence-electron chi connectivity index (χ4n) is 1.76. The predicted octanol–water partition coefficient (Wildman–Crippen LogP) is 2.10. The Kier molecular flexibility index (Phi) is 4.19. The van der Waals surface area contributed by atoms with Crippen LogP contribution in [0.15, 0.2) is 18.3 Å². The van der Waals surface area contributed by atoms with Crippen molar-refractivity contribution in [2.24, 2.45) is 0 Å². The SMILES string of the molecule is CCNc1ncccc1CN1C(=O)CCSC1=O. The molecule has 1 saturated heterocycles. The average Bonchev–Trinajstić information content (AvgIpc) is 2.36. The van der Waals surface area contributed by atoms with E-state index >= 15 is 0 Å². The normalized spacial score (nSPS) is 15.9. The number of rotatable bonds is 4. The van der Waals surface area contributed by atoms with Crippen LogP contribution in [0.1, 0.15) is 18.9 Å². The maximum absolute atomic E-state index is 11.7. The molecule has 0 aromatic carbocycles. The molecule has 1 aliphatic rings. The molecule has 0 radical (unpaired) electrons. The van der Waals surface area contributed by atoms with Crippen LogP contribution >= 0.6 is 11.8 Å². The molecular weight excluding hydrogens is 250 g/mol. The minimum atomic E-state index is -0.169. The van der Waals surface area contributed by atoms with Gasteiger partial charge in [0.25, 0.3) is 5.24 Å². The molecule has 0 spiro atoms. The van der Waals surface area contributed by atoms with Crippen molar-refractivity contribution in [1.82, 2.24) is 9.88 Å². The van der Waals surface area contributed by atoms with Crippen molar-refractivity contribution in [2.45, 2.75) is 19.9 Å². The second-order valence-corrected chi connectivity index (χ2v) is 4.93. The van der Waals surface area contributed by atoms with E-state index in [0.29, 0.717) is 18.7 Å². The summed E-state index contributed by atoms with van der Waals surface area (Å²) in [5.74, 6) is 1.21. The molecule has 1 aromatic heterocycles. The van der Waals surface area contributed by atoms with E-state index in [-0.39, 0.29) is 11.1 Å². The van der Waals surface area contributed by atoms with Crippen LogP contribution in [0.3, 0.4) is 0 Å². The van der Waals surface area contributed by atoms with Crippen LogP contribution in [0.5, 0.6) is 0 Å². The highest BCUT2D eigenvalue weighted by molar-refractivity contribution is 8.13. The Morgan fingerprint density at radius 2 is 2.33 bits per heavy atom. The Balaban J connectivity index is 2.17. The van der Waals surface area contributed by atoms with Crippen molar-refractivity contribution in [3.63, 3.8) is 0 Å². The predicted molar refractivity (Wildman–Crippen MR) is 71.4 cm³/mol. The van der Waals surface area contributed by atoms with Gasteiger partial charge in [0.15, 0.2) is 0 Å². The van der Waals surface area contributed by atoms with Gasteiger partial charge in [-0.25, -0.2) is 4.98 Å². The van der Waals surface area contributed by atoms with Crippen LogP contribution in [0.4, 0.5) is 10.6 Å². The van der Waals surface area contributed by atoms with Gasteiger partial charge in [0.2, 0.25) is 5.91 Å². The molecule has 18 heavy (non-hydrogen) atoms. The second kappa shape index (κ2) is 5.86. The molecule has 0 unspecified atom stereocenters. The Morgan fingerprint density at radius 3 is 3.06 bits per heavy atom. The van der Waals surface area contributed by atoms with Crippen molar-refractivity contribution >= 4 is 28.7 Å². The molecule has 0 bridgehead atoms. The van der Waals surface area contributed by atoms with Gasteiger partial charge in [0.05, 0.1) is 6.54 Å². The van der Waals surface area contributed by atoms with Crippen molar-refractivity contribution < 1.29 is 9.59 Å². The maximum Gasteiger partial charge on any atom is 0.288 e. The minimum Gasteiger partial charge on any atom is -0.370 e. The van der Waals surface area contributed by atoms with Crippen molar-refractivity contribution in [3.05, 3.63) is 23.9 Å². The standard InChI is InChI=1S/C12H15N3O2S/c1-2-13-11-9(4-3-6-14-11)8-15-10(16)5-7-18-12(15)17/h3-4,6H,2,5,7-8H2,1H3,(H,13,14). The summed E-state index contributed by atoms with van der Waals surface area (Å²) < 4.78 is 0. The minimum absolute atomic E-state index is 0.106. The summed E-state index contributed by atoms with van der Waals surface area (Å²) in [7, 11) is 0. The molecule has 2 rings (SSSR count). The zero-order valence-electron chi connectivity index (χ0n) is 10.2. The van der Waals surface area contributed by atoms with Gasteiger partial charge in [0, 0.05) is 30.5 Å². The highest BCUT2D eigenvalue weighted by atomic mass is 32.2. The summed E-state index contributed by atoms with van der Waals surface area (Å²) >= 11 is 1.19. The number of hydrogen-bond donors (Lipinski definition) is 1. The molecule has 0 saturated carbocycles. The first-order chi connectivity index (χ1) is 8.72. The van der Waals surface area contributed by atoms with E-state index in [1.54, 1.807) is 6.20 Å². The van der Waals surface area contributed by atoms with E-state index in [4.69, 9.17) is 0 Å². The lowest BCUT2D eigenvalue weighted by atomic mass is 10.2. The zero-order valence-corrected chi connectivity index (χ0v) is 11.0. The molecule has 0 aliphatic carbocycles. The Hall–Kier alpha value is -1.56. The lowest BCUT2D eigenvalue weighted by molar-refractivity contribution is -0.128. The Bertz CT molecular complexity index is 448. The number of nitrogens with one attached hydrogen (secondary N) is 1. The van der Waals surface area contributed by atoms with Gasteiger partial charge >= 0.3 is 0 Å². The number of pyridine rings is 1. The van der Waals surface area contributed by atoms with E-state index in [1.165, 1.54) is 16.7 Å². The van der Waals surface area contributed by atoms with Crippen LogP contribution in [0.25, 0.3) is 0 Å². The highest BCUT2D eigenvalue weighted by Gasteiger charge is 2.27. The van der Waals surface area contributed by atoms with E-state index in [2.05, 4.69) is 10.3 Å². The molecular formula is C12H15N3O2S. The van der Waals surface area contributed by atoms with Gasteiger partial charge in [-0.15, -0.1) is 0 Å². The van der Waals surface area contributed by atoms with Gasteiger partial charge in [-0.2, -0.15) is 0 Å². The Morgan fingerprint density at radius 1 is 1.50 bits per heavy atom. The number of anilines is 1. The third-order valence-corrected chi connectivity index (χ3v) is 3.50. The van der Waals surface area contributed by atoms with E-state index < -0.39 is 0 Å². The molecule has 2 heterocycles. The van der Waals surface area contributed by atoms with Gasteiger partial charge in [-0.1, -0.05) is 17.8 Å². The van der Waals surface area contributed by atoms with E-state index in [0.717, 1.165) is 17.9 Å². The number of aromatic nitrogens is 1. The van der Waals surface area contributed by atoms with Gasteiger partial charge < -0.3 is 5.32 Å². The summed E-state index contributed by atoms with van der Waals surface area (Å²) in [5, 5.41) is 2.96. The number of imide groups is 1. The summed E-state index contributed by atoms with van der Waals surface area (Å²) in [4.78, 5) is 28.9. The smallest absolute Gasteiger partial charge is 0.288 e. The van der Waals surface area contributed by atoms with E-state index in [1.807, 2.05) is 19.1 Å². The van der Waals surface area contributed by atoms with Crippen molar-refractivity contribution in [1.29, 1.82) is 0 Å². The third kappa shape index (κ3) is 2.81. The van der Waals surface area contributed by atoms with Crippen LogP contribution in [0, 0.1) is 0 Å². The van der Waals surface area contributed by atoms with Crippen molar-refractivity contribution in [2.75, 3.05) is 17.6 Å². The molecule has 96 valence electrons. The third-order valence-electron chi connectivity index (χ3n) is 2.63. The number of thioether (sulfide) groups is 1. The summed E-state index contributed by atoms with van der Waals surface area (Å²) in [6.07, 6.45) is 2.11. The van der Waals surface area contributed by atoms with Gasteiger partial charge in [-0.05, 0) is 13.0 Å². The van der Waals surface area contributed by atoms with Crippen molar-refractivity contribution in [3.8, 4) is 0 Å². The molecule has 1 fully saturated rings.